The van der Waals surface area contributed by atoms with Gasteiger partial charge in [0.2, 0.25) is 0 Å². The Morgan fingerprint density at radius 3 is 2.61 bits per heavy atom. The van der Waals surface area contributed by atoms with Crippen LogP contribution in [-0.4, -0.2) is 11.7 Å². The molecule has 18 heavy (non-hydrogen) atoms. The molecule has 0 radical (unpaired) electrons. The van der Waals surface area contributed by atoms with Crippen LogP contribution in [0.4, 0.5) is 4.79 Å². The zero-order valence-corrected chi connectivity index (χ0v) is 10.8. The van der Waals surface area contributed by atoms with Gasteiger partial charge in [0, 0.05) is 5.56 Å². The first kappa shape index (κ1) is 14.3. The number of hydrogen-bond acceptors (Lipinski definition) is 5. The summed E-state index contributed by atoms with van der Waals surface area (Å²) in [6, 6.07) is 7.98. The first-order chi connectivity index (χ1) is 8.42. The minimum Gasteiger partial charge on any atom is -0.443 e. The zero-order valence-electron chi connectivity index (χ0n) is 10.8. The Hall–Kier alpha value is -1.79. The Morgan fingerprint density at radius 1 is 1.44 bits per heavy atom. The molecule has 0 spiro atoms. The summed E-state index contributed by atoms with van der Waals surface area (Å²) in [6.07, 6.45) is -0.609. The number of amides is 1. The Bertz CT molecular complexity index is 379. The van der Waals surface area contributed by atoms with Gasteiger partial charge in [-0.25, -0.2) is 10.6 Å². The van der Waals surface area contributed by atoms with Crippen molar-refractivity contribution in [2.24, 2.45) is 5.84 Å². The minimum absolute atomic E-state index is 0.469. The van der Waals surface area contributed by atoms with E-state index < -0.39 is 11.7 Å². The average Bonchev–Trinajstić information content (AvgIpc) is 2.75. The zero-order chi connectivity index (χ0) is 13.6. The van der Waals surface area contributed by atoms with Crippen LogP contribution in [0.5, 0.6) is 5.75 Å². The molecule has 0 aromatic heterocycles. The van der Waals surface area contributed by atoms with E-state index in [0.29, 0.717) is 0 Å². The number of rotatable bonds is 0. The summed E-state index contributed by atoms with van der Waals surface area (Å²) >= 11 is 0. The molecule has 1 aliphatic heterocycles. The molecular formula is C12H19N3O3. The summed E-state index contributed by atoms with van der Waals surface area (Å²) in [7, 11) is 0. The second kappa shape index (κ2) is 6.23. The second-order valence-electron chi connectivity index (χ2n) is 4.68. The van der Waals surface area contributed by atoms with Crippen LogP contribution in [0, 0.1) is 0 Å². The van der Waals surface area contributed by atoms with Crippen molar-refractivity contribution in [3.63, 3.8) is 0 Å². The normalized spacial score (nSPS) is 12.7. The van der Waals surface area contributed by atoms with E-state index in [0.717, 1.165) is 12.3 Å². The van der Waals surface area contributed by atoms with Gasteiger partial charge in [0.15, 0.2) is 5.75 Å². The molecule has 0 bridgehead atoms. The van der Waals surface area contributed by atoms with Crippen LogP contribution in [0.3, 0.4) is 0 Å². The van der Waals surface area contributed by atoms with Crippen molar-refractivity contribution < 1.29 is 14.4 Å². The van der Waals surface area contributed by atoms with Crippen molar-refractivity contribution in [2.75, 3.05) is 0 Å². The molecule has 2 rings (SSSR count). The van der Waals surface area contributed by atoms with Gasteiger partial charge in [-0.1, -0.05) is 18.2 Å². The fraction of sp³-hybridized carbons (Fsp3) is 0.417. The molecule has 1 heterocycles. The first-order valence-corrected chi connectivity index (χ1v) is 5.59. The van der Waals surface area contributed by atoms with Gasteiger partial charge in [-0.2, -0.15) is 5.48 Å². The molecular weight excluding hydrogens is 234 g/mol. The molecule has 4 N–H and O–H groups in total. The van der Waals surface area contributed by atoms with E-state index in [1.54, 1.807) is 20.8 Å². The van der Waals surface area contributed by atoms with E-state index in [-0.39, 0.29) is 0 Å². The number of para-hydroxylation sites is 1. The highest BCUT2D eigenvalue weighted by Gasteiger charge is 2.14. The number of carbonyl (C=O) groups is 1. The van der Waals surface area contributed by atoms with Gasteiger partial charge in [0.05, 0.1) is 6.54 Å². The van der Waals surface area contributed by atoms with E-state index >= 15 is 0 Å². The van der Waals surface area contributed by atoms with Gasteiger partial charge in [0.25, 0.3) is 0 Å². The number of carbonyl (C=O) groups excluding carboxylic acids is 1. The number of ether oxygens (including phenoxy) is 1. The maximum atomic E-state index is 10.4. The lowest BCUT2D eigenvalue weighted by Crippen LogP contribution is -2.36. The average molecular weight is 253 g/mol. The van der Waals surface area contributed by atoms with Crippen LogP contribution >= 0.6 is 0 Å². The molecule has 0 saturated carbocycles. The fourth-order valence-corrected chi connectivity index (χ4v) is 1.25. The number of fused-ring (bicyclic) bond motifs is 1. The fourth-order valence-electron chi connectivity index (χ4n) is 1.25. The molecule has 100 valence electrons. The third-order valence-electron chi connectivity index (χ3n) is 1.93. The van der Waals surface area contributed by atoms with E-state index in [1.165, 1.54) is 5.56 Å². The van der Waals surface area contributed by atoms with E-state index in [4.69, 9.17) is 15.4 Å². The predicted octanol–water partition coefficient (Wildman–Crippen LogP) is 1.47. The topological polar surface area (TPSA) is 85.6 Å². The van der Waals surface area contributed by atoms with Crippen molar-refractivity contribution in [2.45, 2.75) is 32.9 Å². The van der Waals surface area contributed by atoms with Crippen LogP contribution in [0.1, 0.15) is 26.3 Å². The molecule has 1 amide bonds. The third-order valence-corrected chi connectivity index (χ3v) is 1.93. The molecule has 0 atom stereocenters. The van der Waals surface area contributed by atoms with Crippen LogP contribution in [0.15, 0.2) is 24.3 Å². The lowest BCUT2D eigenvalue weighted by Gasteiger charge is -2.18. The van der Waals surface area contributed by atoms with Gasteiger partial charge in [-0.05, 0) is 26.8 Å². The first-order valence-electron chi connectivity index (χ1n) is 5.59. The lowest BCUT2D eigenvalue weighted by atomic mass is 10.2. The SMILES string of the molecule is CC(C)(C)OC(=O)NN.c1ccc2c(c1)CNO2. The molecule has 1 aliphatic rings. The van der Waals surface area contributed by atoms with E-state index in [9.17, 15) is 4.79 Å². The Balaban J connectivity index is 0.000000180. The maximum Gasteiger partial charge on any atom is 0.421 e. The largest absolute Gasteiger partial charge is 0.443 e. The number of benzene rings is 1. The predicted molar refractivity (Wildman–Crippen MR) is 67.5 cm³/mol. The Labute approximate surface area is 106 Å². The standard InChI is InChI=1S/C7H7NO.C5H12N2O2/c1-2-4-7-6(3-1)5-8-9-7;1-5(2,3)9-4(8)7-6/h1-4,8H,5H2;6H2,1-3H3,(H,7,8). The molecule has 0 fully saturated rings. The second-order valence-corrected chi connectivity index (χ2v) is 4.68. The van der Waals surface area contributed by atoms with Gasteiger partial charge in [-0.15, -0.1) is 0 Å². The molecule has 0 unspecified atom stereocenters. The summed E-state index contributed by atoms with van der Waals surface area (Å²) in [5.41, 5.74) is 5.41. The number of nitrogens with two attached hydrogens (primary N) is 1. The minimum atomic E-state index is -0.609. The van der Waals surface area contributed by atoms with Crippen molar-refractivity contribution in [3.8, 4) is 5.75 Å². The van der Waals surface area contributed by atoms with Crippen molar-refractivity contribution >= 4 is 6.09 Å². The summed E-state index contributed by atoms with van der Waals surface area (Å²) in [5, 5.41) is 0. The van der Waals surface area contributed by atoms with Crippen molar-refractivity contribution in [1.29, 1.82) is 0 Å². The molecule has 6 nitrogen and oxygen atoms in total. The maximum absolute atomic E-state index is 10.4. The van der Waals surface area contributed by atoms with Gasteiger partial charge in [-0.3, -0.25) is 5.43 Å². The number of hydrogen-bond donors (Lipinski definition) is 3. The number of nitrogens with one attached hydrogen (secondary N) is 2. The van der Waals surface area contributed by atoms with Crippen molar-refractivity contribution in [3.05, 3.63) is 29.8 Å². The van der Waals surface area contributed by atoms with Crippen molar-refractivity contribution in [1.82, 2.24) is 10.9 Å². The molecule has 1 aromatic rings. The molecule has 0 saturated heterocycles. The molecule has 1 aromatic carbocycles. The third kappa shape index (κ3) is 5.03. The highest BCUT2D eigenvalue weighted by atomic mass is 16.7. The Morgan fingerprint density at radius 2 is 2.11 bits per heavy atom. The highest BCUT2D eigenvalue weighted by molar-refractivity contribution is 5.66. The van der Waals surface area contributed by atoms with Gasteiger partial charge < -0.3 is 9.57 Å². The van der Waals surface area contributed by atoms with Crippen LogP contribution in [0.25, 0.3) is 0 Å². The number of hydroxylamine groups is 1. The summed E-state index contributed by atoms with van der Waals surface area (Å²) in [5.74, 6) is 5.71. The summed E-state index contributed by atoms with van der Waals surface area (Å²) in [4.78, 5) is 15.4. The Kier molecular flexibility index (Phi) is 4.94. The summed E-state index contributed by atoms with van der Waals surface area (Å²) in [6.45, 7) is 6.13. The van der Waals surface area contributed by atoms with E-state index in [1.807, 2.05) is 23.6 Å². The van der Waals surface area contributed by atoms with Crippen LogP contribution < -0.4 is 21.6 Å². The lowest BCUT2D eigenvalue weighted by molar-refractivity contribution is 0.0527. The molecule has 6 heteroatoms. The van der Waals surface area contributed by atoms with Crippen LogP contribution in [0.2, 0.25) is 0 Å². The smallest absolute Gasteiger partial charge is 0.421 e. The van der Waals surface area contributed by atoms with E-state index in [2.05, 4.69) is 11.5 Å². The molecule has 0 aliphatic carbocycles. The number of hydrazine groups is 1. The quantitative estimate of drug-likeness (QED) is 0.370. The monoisotopic (exact) mass is 253 g/mol. The summed E-state index contributed by atoms with van der Waals surface area (Å²) < 4.78 is 4.71. The van der Waals surface area contributed by atoms with Gasteiger partial charge in [0.1, 0.15) is 5.60 Å². The van der Waals surface area contributed by atoms with Crippen LogP contribution in [-0.2, 0) is 11.3 Å². The van der Waals surface area contributed by atoms with Gasteiger partial charge >= 0.3 is 6.09 Å². The highest BCUT2D eigenvalue weighted by Crippen LogP contribution is 2.20.